The molecule has 230 valence electrons. The number of anilines is 2. The average Bonchev–Trinajstić information content (AvgIpc) is 3.37. The maximum absolute atomic E-state index is 13.9. The molecule has 3 aromatic rings. The molecule has 2 N–H and O–H groups in total. The van der Waals surface area contributed by atoms with Crippen LogP contribution in [0.25, 0.3) is 0 Å². The van der Waals surface area contributed by atoms with E-state index in [1.54, 1.807) is 21.3 Å². The first-order valence-corrected chi connectivity index (χ1v) is 16.3. The van der Waals surface area contributed by atoms with Crippen LogP contribution in [0.1, 0.15) is 58.2 Å². The highest BCUT2D eigenvalue weighted by molar-refractivity contribution is 9.10. The molecule has 1 aromatic heterocycles. The van der Waals surface area contributed by atoms with Crippen molar-refractivity contribution in [2.24, 2.45) is 0 Å². The van der Waals surface area contributed by atoms with Crippen molar-refractivity contribution >= 4 is 51.1 Å². The molecule has 1 atom stereocenters. The third-order valence-corrected chi connectivity index (χ3v) is 8.53. The quantitative estimate of drug-likeness (QED) is 0.200. The highest BCUT2D eigenvalue weighted by atomic mass is 79.9. The third-order valence-electron chi connectivity index (χ3n) is 6.89. The van der Waals surface area contributed by atoms with E-state index in [4.69, 9.17) is 19.6 Å². The summed E-state index contributed by atoms with van der Waals surface area (Å²) in [5.74, 6) is 1.93. The predicted molar refractivity (Wildman–Crippen MR) is 174 cm³/mol. The first-order chi connectivity index (χ1) is 20.7. The maximum Gasteiger partial charge on any atom is 0.260 e. The summed E-state index contributed by atoms with van der Waals surface area (Å²) in [5, 5.41) is 11.8. The number of ether oxygens (including phenoxy) is 2. The molecule has 1 aliphatic rings. The minimum absolute atomic E-state index is 0.111. The molecule has 43 heavy (non-hydrogen) atoms. The second-order valence-corrected chi connectivity index (χ2v) is 11.9. The molecule has 2 amide bonds. The SMILES string of the molecule is CCCSc1nc2n(n1)C(c1cc(Br)c(OCC(=O)N(CC)CC)c(OCC)c1)C(C(=O)Nc1cccc(C)c1)=C(C)N2. The van der Waals surface area contributed by atoms with Gasteiger partial charge in [0, 0.05) is 30.2 Å². The minimum Gasteiger partial charge on any atom is -0.490 e. The van der Waals surface area contributed by atoms with Gasteiger partial charge in [-0.2, -0.15) is 4.98 Å². The topological polar surface area (TPSA) is 111 Å². The van der Waals surface area contributed by atoms with Crippen LogP contribution in [0.15, 0.2) is 57.3 Å². The van der Waals surface area contributed by atoms with Gasteiger partial charge in [0.2, 0.25) is 11.1 Å². The van der Waals surface area contributed by atoms with Crippen molar-refractivity contribution in [3.63, 3.8) is 0 Å². The van der Waals surface area contributed by atoms with Crippen LogP contribution in [0.4, 0.5) is 11.6 Å². The maximum atomic E-state index is 13.9. The summed E-state index contributed by atoms with van der Waals surface area (Å²) in [5.41, 5.74) is 3.64. The van der Waals surface area contributed by atoms with E-state index in [-0.39, 0.29) is 18.4 Å². The lowest BCUT2D eigenvalue weighted by molar-refractivity contribution is -0.133. The van der Waals surface area contributed by atoms with Gasteiger partial charge in [0.05, 0.1) is 16.7 Å². The van der Waals surface area contributed by atoms with Gasteiger partial charge in [-0.3, -0.25) is 9.59 Å². The van der Waals surface area contributed by atoms with Crippen LogP contribution in [0.2, 0.25) is 0 Å². The largest absolute Gasteiger partial charge is 0.490 e. The van der Waals surface area contributed by atoms with Gasteiger partial charge in [-0.05, 0) is 92.4 Å². The molecule has 0 spiro atoms. The Morgan fingerprint density at radius 2 is 1.88 bits per heavy atom. The van der Waals surface area contributed by atoms with Gasteiger partial charge in [-0.25, -0.2) is 4.68 Å². The number of aryl methyl sites for hydroxylation is 1. The summed E-state index contributed by atoms with van der Waals surface area (Å²) in [7, 11) is 0. The summed E-state index contributed by atoms with van der Waals surface area (Å²) >= 11 is 5.22. The number of benzene rings is 2. The first kappa shape index (κ1) is 32.4. The van der Waals surface area contributed by atoms with E-state index in [1.165, 1.54) is 0 Å². The molecule has 1 aliphatic heterocycles. The second-order valence-electron chi connectivity index (χ2n) is 10.0. The van der Waals surface area contributed by atoms with Gasteiger partial charge in [-0.1, -0.05) is 30.8 Å². The van der Waals surface area contributed by atoms with Crippen LogP contribution in [-0.2, 0) is 9.59 Å². The molecule has 2 aromatic carbocycles. The number of halogens is 1. The third kappa shape index (κ3) is 7.53. The number of rotatable bonds is 13. The van der Waals surface area contributed by atoms with Crippen molar-refractivity contribution in [1.82, 2.24) is 19.7 Å². The molecule has 0 radical (unpaired) electrons. The number of thioether (sulfide) groups is 1. The number of carbonyl (C=O) groups excluding carboxylic acids is 2. The Kier molecular flexibility index (Phi) is 11.1. The first-order valence-electron chi connectivity index (χ1n) is 14.5. The number of carbonyl (C=O) groups is 2. The number of likely N-dealkylation sites (N-methyl/N-ethyl adjacent to an activating group) is 1. The number of hydrogen-bond acceptors (Lipinski definition) is 8. The van der Waals surface area contributed by atoms with Crippen LogP contribution in [-0.4, -0.2) is 63.5 Å². The minimum atomic E-state index is -0.619. The lowest BCUT2D eigenvalue weighted by atomic mass is 9.94. The molecule has 0 saturated carbocycles. The smallest absolute Gasteiger partial charge is 0.260 e. The van der Waals surface area contributed by atoms with Crippen molar-refractivity contribution in [2.45, 2.75) is 59.2 Å². The van der Waals surface area contributed by atoms with Gasteiger partial charge < -0.3 is 25.0 Å². The molecule has 2 heterocycles. The van der Waals surface area contributed by atoms with Gasteiger partial charge in [0.1, 0.15) is 6.04 Å². The zero-order chi connectivity index (χ0) is 31.1. The van der Waals surface area contributed by atoms with Crippen molar-refractivity contribution in [3.8, 4) is 11.5 Å². The van der Waals surface area contributed by atoms with E-state index in [0.717, 1.165) is 23.3 Å². The molecule has 4 rings (SSSR count). The van der Waals surface area contributed by atoms with Gasteiger partial charge >= 0.3 is 0 Å². The Hall–Kier alpha value is -3.51. The van der Waals surface area contributed by atoms with Crippen LogP contribution < -0.4 is 20.1 Å². The Morgan fingerprint density at radius 3 is 2.56 bits per heavy atom. The van der Waals surface area contributed by atoms with Gasteiger partial charge in [-0.15, -0.1) is 5.10 Å². The van der Waals surface area contributed by atoms with Crippen LogP contribution in [0.5, 0.6) is 11.5 Å². The fourth-order valence-electron chi connectivity index (χ4n) is 4.86. The van der Waals surface area contributed by atoms with Gasteiger partial charge in [0.25, 0.3) is 11.8 Å². The highest BCUT2D eigenvalue weighted by Gasteiger charge is 2.35. The molecule has 0 bridgehead atoms. The Labute approximate surface area is 265 Å². The van der Waals surface area contributed by atoms with E-state index < -0.39 is 6.04 Å². The van der Waals surface area contributed by atoms with Crippen molar-refractivity contribution < 1.29 is 19.1 Å². The lowest BCUT2D eigenvalue weighted by Gasteiger charge is -2.29. The van der Waals surface area contributed by atoms with Crippen molar-refractivity contribution in [2.75, 3.05) is 42.7 Å². The normalized spacial score (nSPS) is 14.2. The number of aromatic nitrogens is 3. The van der Waals surface area contributed by atoms with E-state index in [2.05, 4.69) is 33.5 Å². The fraction of sp³-hybridized carbons (Fsp3) is 0.419. The Morgan fingerprint density at radius 1 is 1.12 bits per heavy atom. The standard InChI is InChI=1S/C31H39BrN6O4S/c1-7-14-43-31-35-30-33-20(6)26(29(40)34-22-13-11-12-19(5)15-22)27(38(30)36-31)21-16-23(32)28(24(17-21)41-10-4)42-18-25(39)37(8-2)9-3/h11-13,15-17,27H,7-10,14,18H2,1-6H3,(H,34,40)(H,33,35,36). The summed E-state index contributed by atoms with van der Waals surface area (Å²) in [6.45, 7) is 13.2. The summed E-state index contributed by atoms with van der Waals surface area (Å²) in [6, 6.07) is 10.8. The second kappa shape index (κ2) is 14.8. The number of nitrogens with zero attached hydrogens (tertiary/aromatic N) is 4. The van der Waals surface area contributed by atoms with E-state index in [9.17, 15) is 9.59 Å². The van der Waals surface area contributed by atoms with E-state index in [1.807, 2.05) is 71.0 Å². The van der Waals surface area contributed by atoms with E-state index in [0.29, 0.717) is 63.7 Å². The highest BCUT2D eigenvalue weighted by Crippen LogP contribution is 2.43. The zero-order valence-corrected chi connectivity index (χ0v) is 27.9. The summed E-state index contributed by atoms with van der Waals surface area (Å²) < 4.78 is 14.4. The number of nitrogens with one attached hydrogen (secondary N) is 2. The molecular weight excluding hydrogens is 632 g/mol. The molecule has 0 saturated heterocycles. The van der Waals surface area contributed by atoms with E-state index >= 15 is 0 Å². The molecule has 1 unspecified atom stereocenters. The Balaban J connectivity index is 1.78. The molecule has 0 fully saturated rings. The van der Waals surface area contributed by atoms with Crippen molar-refractivity contribution in [3.05, 3.63) is 63.3 Å². The van der Waals surface area contributed by atoms with Crippen molar-refractivity contribution in [1.29, 1.82) is 0 Å². The van der Waals surface area contributed by atoms with Crippen LogP contribution in [0, 0.1) is 6.92 Å². The number of fused-ring (bicyclic) bond motifs is 1. The van der Waals surface area contributed by atoms with Crippen LogP contribution >= 0.6 is 27.7 Å². The monoisotopic (exact) mass is 670 g/mol. The number of amides is 2. The molecule has 0 aliphatic carbocycles. The zero-order valence-electron chi connectivity index (χ0n) is 25.5. The molecule has 12 heteroatoms. The summed E-state index contributed by atoms with van der Waals surface area (Å²) in [6.07, 6.45) is 0.982. The number of allylic oxidation sites excluding steroid dienone is 1. The average molecular weight is 672 g/mol. The number of hydrogen-bond donors (Lipinski definition) is 2. The van der Waals surface area contributed by atoms with Gasteiger partial charge in [0.15, 0.2) is 18.1 Å². The molecule has 10 nitrogen and oxygen atoms in total. The summed E-state index contributed by atoms with van der Waals surface area (Å²) in [4.78, 5) is 33.0. The van der Waals surface area contributed by atoms with Crippen LogP contribution in [0.3, 0.4) is 0 Å². The predicted octanol–water partition coefficient (Wildman–Crippen LogP) is 6.42. The molecular formula is C31H39BrN6O4S. The Bertz CT molecular complexity index is 1500. The fourth-order valence-corrected chi connectivity index (χ4v) is 6.12. The lowest BCUT2D eigenvalue weighted by Crippen LogP contribution is -2.34.